The highest BCUT2D eigenvalue weighted by molar-refractivity contribution is 7.11. The van der Waals surface area contributed by atoms with E-state index >= 15 is 0 Å². The minimum absolute atomic E-state index is 0.406. The minimum Gasteiger partial charge on any atom is -0.497 e. The fourth-order valence-corrected chi connectivity index (χ4v) is 2.43. The van der Waals surface area contributed by atoms with E-state index in [1.54, 1.807) is 18.4 Å². The molecule has 1 heterocycles. The van der Waals surface area contributed by atoms with Gasteiger partial charge in [0, 0.05) is 29.7 Å². The molecule has 1 aromatic carbocycles. The fourth-order valence-electron chi connectivity index (χ4n) is 1.65. The highest BCUT2D eigenvalue weighted by Gasteiger charge is 1.99. The molecule has 3 N–H and O–H groups in total. The highest BCUT2D eigenvalue weighted by Crippen LogP contribution is 2.14. The Labute approximate surface area is 122 Å². The number of rotatable bonds is 5. The van der Waals surface area contributed by atoms with Crippen LogP contribution in [0.25, 0.3) is 0 Å². The second kappa shape index (κ2) is 6.91. The van der Waals surface area contributed by atoms with E-state index < -0.39 is 0 Å². The summed E-state index contributed by atoms with van der Waals surface area (Å²) < 4.78 is 5.09. The predicted octanol–water partition coefficient (Wildman–Crippen LogP) is 2.43. The molecule has 0 fully saturated rings. The van der Waals surface area contributed by atoms with E-state index in [9.17, 15) is 0 Å². The lowest BCUT2D eigenvalue weighted by molar-refractivity contribution is 0.415. The van der Waals surface area contributed by atoms with E-state index in [0.29, 0.717) is 12.5 Å². The smallest absolute Gasteiger partial charge is 0.193 e. The number of hydrogen-bond acceptors (Lipinski definition) is 4. The summed E-state index contributed by atoms with van der Waals surface area (Å²) in [7, 11) is 1.64. The van der Waals surface area contributed by atoms with Crippen LogP contribution in [-0.4, -0.2) is 24.6 Å². The number of ether oxygens (including phenoxy) is 1. The van der Waals surface area contributed by atoms with Crippen LogP contribution in [0.2, 0.25) is 0 Å². The number of benzene rings is 1. The lowest BCUT2D eigenvalue weighted by Crippen LogP contribution is -2.23. The number of aromatic nitrogens is 1. The first-order chi connectivity index (χ1) is 9.67. The molecule has 1 aromatic heterocycles. The first kappa shape index (κ1) is 14.3. The van der Waals surface area contributed by atoms with E-state index in [-0.39, 0.29) is 0 Å². The zero-order valence-corrected chi connectivity index (χ0v) is 12.4. The lowest BCUT2D eigenvalue weighted by atomic mass is 10.3. The van der Waals surface area contributed by atoms with Gasteiger partial charge in [-0.1, -0.05) is 0 Å². The summed E-state index contributed by atoms with van der Waals surface area (Å²) in [6.07, 6.45) is 2.69. The number of aliphatic imine (C=N–C) groups is 1. The van der Waals surface area contributed by atoms with Crippen LogP contribution in [0.1, 0.15) is 9.88 Å². The Bertz CT molecular complexity index is 577. The molecular formula is C14H18N4OS. The van der Waals surface area contributed by atoms with Crippen LogP contribution in [0.4, 0.5) is 5.69 Å². The number of thiazole rings is 1. The third kappa shape index (κ3) is 4.24. The van der Waals surface area contributed by atoms with E-state index in [2.05, 4.69) is 15.3 Å². The monoisotopic (exact) mass is 290 g/mol. The second-order valence-corrected chi connectivity index (χ2v) is 5.55. The van der Waals surface area contributed by atoms with Crippen LogP contribution in [-0.2, 0) is 6.42 Å². The van der Waals surface area contributed by atoms with Gasteiger partial charge in [-0.25, -0.2) is 4.98 Å². The molecule has 0 atom stereocenters. The molecule has 0 bridgehead atoms. The van der Waals surface area contributed by atoms with Gasteiger partial charge < -0.3 is 15.8 Å². The molecule has 0 saturated heterocycles. The van der Waals surface area contributed by atoms with Crippen molar-refractivity contribution in [1.29, 1.82) is 0 Å². The van der Waals surface area contributed by atoms with Gasteiger partial charge in [-0.2, -0.15) is 0 Å². The van der Waals surface area contributed by atoms with E-state index in [1.165, 1.54) is 4.88 Å². The normalized spacial score (nSPS) is 11.4. The van der Waals surface area contributed by atoms with Crippen LogP contribution in [0, 0.1) is 6.92 Å². The molecular weight excluding hydrogens is 272 g/mol. The van der Waals surface area contributed by atoms with Gasteiger partial charge in [0.2, 0.25) is 0 Å². The highest BCUT2D eigenvalue weighted by atomic mass is 32.1. The van der Waals surface area contributed by atoms with Crippen molar-refractivity contribution in [2.24, 2.45) is 10.7 Å². The van der Waals surface area contributed by atoms with Gasteiger partial charge in [0.25, 0.3) is 0 Å². The number of guanidine groups is 1. The molecule has 0 spiro atoms. The van der Waals surface area contributed by atoms with Crippen LogP contribution < -0.4 is 15.8 Å². The molecule has 6 heteroatoms. The summed E-state index contributed by atoms with van der Waals surface area (Å²) in [6.45, 7) is 2.67. The molecule has 0 aliphatic carbocycles. The summed E-state index contributed by atoms with van der Waals surface area (Å²) in [5.74, 6) is 1.22. The van der Waals surface area contributed by atoms with Gasteiger partial charge in [-0.15, -0.1) is 11.3 Å². The van der Waals surface area contributed by atoms with Crippen LogP contribution in [0.5, 0.6) is 5.75 Å². The predicted molar refractivity (Wildman–Crippen MR) is 83.7 cm³/mol. The maximum absolute atomic E-state index is 5.84. The van der Waals surface area contributed by atoms with Gasteiger partial charge in [0.05, 0.1) is 12.1 Å². The molecule has 2 rings (SSSR count). The molecule has 0 amide bonds. The van der Waals surface area contributed by atoms with Crippen molar-refractivity contribution in [3.63, 3.8) is 0 Å². The third-order valence-corrected chi connectivity index (χ3v) is 3.61. The average molecular weight is 290 g/mol. The first-order valence-corrected chi connectivity index (χ1v) is 7.11. The molecule has 5 nitrogen and oxygen atoms in total. The maximum Gasteiger partial charge on any atom is 0.193 e. The molecule has 2 aromatic rings. The zero-order chi connectivity index (χ0) is 14.4. The molecule has 0 aliphatic heterocycles. The van der Waals surface area contributed by atoms with Gasteiger partial charge >= 0.3 is 0 Å². The standard InChI is InChI=1S/C14H18N4OS/c1-10-9-17-13(20-10)7-8-16-14(15)18-11-3-5-12(19-2)6-4-11/h3-6,9H,7-8H2,1-2H3,(H3,15,16,18). The Morgan fingerprint density at radius 3 is 2.75 bits per heavy atom. The number of aryl methyl sites for hydroxylation is 1. The Morgan fingerprint density at radius 2 is 2.15 bits per heavy atom. The van der Waals surface area contributed by atoms with Gasteiger partial charge in [0.1, 0.15) is 5.75 Å². The molecule has 0 saturated carbocycles. The number of nitrogens with zero attached hydrogens (tertiary/aromatic N) is 2. The largest absolute Gasteiger partial charge is 0.497 e. The minimum atomic E-state index is 0.406. The van der Waals surface area contributed by atoms with Crippen molar-refractivity contribution >= 4 is 23.0 Å². The Hall–Kier alpha value is -2.08. The number of methoxy groups -OCH3 is 1. The molecule has 106 valence electrons. The van der Waals surface area contributed by atoms with Crippen LogP contribution in [0.15, 0.2) is 35.5 Å². The first-order valence-electron chi connectivity index (χ1n) is 6.29. The maximum atomic E-state index is 5.84. The Morgan fingerprint density at radius 1 is 1.40 bits per heavy atom. The fraction of sp³-hybridized carbons (Fsp3) is 0.286. The summed E-state index contributed by atoms with van der Waals surface area (Å²) in [5, 5.41) is 4.13. The average Bonchev–Trinajstić information content (AvgIpc) is 2.85. The summed E-state index contributed by atoms with van der Waals surface area (Å²) in [5.41, 5.74) is 6.72. The van der Waals surface area contributed by atoms with Crippen molar-refractivity contribution in [3.05, 3.63) is 40.3 Å². The quantitative estimate of drug-likeness (QED) is 0.655. The number of nitrogens with two attached hydrogens (primary N) is 1. The lowest BCUT2D eigenvalue weighted by Gasteiger charge is -2.06. The molecule has 0 radical (unpaired) electrons. The van der Waals surface area contributed by atoms with Crippen molar-refractivity contribution in [2.75, 3.05) is 19.0 Å². The summed E-state index contributed by atoms with van der Waals surface area (Å²) >= 11 is 1.69. The van der Waals surface area contributed by atoms with Crippen LogP contribution >= 0.6 is 11.3 Å². The third-order valence-electron chi connectivity index (χ3n) is 2.64. The topological polar surface area (TPSA) is 72.5 Å². The second-order valence-electron chi connectivity index (χ2n) is 4.24. The number of nitrogens with one attached hydrogen (secondary N) is 1. The molecule has 0 aliphatic rings. The number of anilines is 1. The van der Waals surface area contributed by atoms with Gasteiger partial charge in [-0.3, -0.25) is 4.99 Å². The van der Waals surface area contributed by atoms with Crippen molar-refractivity contribution in [1.82, 2.24) is 4.98 Å². The summed E-state index contributed by atoms with van der Waals surface area (Å²) in [6, 6.07) is 7.53. The molecule has 20 heavy (non-hydrogen) atoms. The van der Waals surface area contributed by atoms with E-state index in [0.717, 1.165) is 22.9 Å². The van der Waals surface area contributed by atoms with Crippen LogP contribution in [0.3, 0.4) is 0 Å². The zero-order valence-electron chi connectivity index (χ0n) is 11.6. The Kier molecular flexibility index (Phi) is 4.95. The van der Waals surface area contributed by atoms with Gasteiger partial charge in [-0.05, 0) is 31.2 Å². The van der Waals surface area contributed by atoms with E-state index in [1.807, 2.05) is 37.4 Å². The summed E-state index contributed by atoms with van der Waals surface area (Å²) in [4.78, 5) is 9.79. The van der Waals surface area contributed by atoms with E-state index in [4.69, 9.17) is 10.5 Å². The molecule has 0 unspecified atom stereocenters. The van der Waals surface area contributed by atoms with Crippen molar-refractivity contribution in [2.45, 2.75) is 13.3 Å². The van der Waals surface area contributed by atoms with Crippen molar-refractivity contribution < 1.29 is 4.74 Å². The number of hydrogen-bond donors (Lipinski definition) is 2. The van der Waals surface area contributed by atoms with Crippen molar-refractivity contribution in [3.8, 4) is 5.75 Å². The van der Waals surface area contributed by atoms with Gasteiger partial charge in [0.15, 0.2) is 5.96 Å². The SMILES string of the molecule is COc1ccc(NC(N)=NCCc2ncc(C)s2)cc1. The Balaban J connectivity index is 1.83.